The summed E-state index contributed by atoms with van der Waals surface area (Å²) in [7, 11) is 0. The van der Waals surface area contributed by atoms with Gasteiger partial charge in [-0.2, -0.15) is 5.26 Å². The molecule has 0 heterocycles. The van der Waals surface area contributed by atoms with E-state index < -0.39 is 0 Å². The second-order valence-corrected chi connectivity index (χ2v) is 6.27. The van der Waals surface area contributed by atoms with Gasteiger partial charge < -0.3 is 4.90 Å². The van der Waals surface area contributed by atoms with E-state index in [2.05, 4.69) is 50.9 Å². The molecule has 0 aromatic heterocycles. The summed E-state index contributed by atoms with van der Waals surface area (Å²) >= 11 is 0. The van der Waals surface area contributed by atoms with Gasteiger partial charge in [-0.3, -0.25) is 5.32 Å². The maximum atomic E-state index is 9.26. The van der Waals surface area contributed by atoms with Gasteiger partial charge in [-0.15, -0.1) is 0 Å². The van der Waals surface area contributed by atoms with E-state index in [1.165, 1.54) is 0 Å². The van der Waals surface area contributed by atoms with Crippen molar-refractivity contribution in [2.24, 2.45) is 11.8 Å². The highest BCUT2D eigenvalue weighted by Crippen LogP contribution is 2.12. The van der Waals surface area contributed by atoms with Crippen molar-refractivity contribution in [3.63, 3.8) is 0 Å². The second-order valence-electron chi connectivity index (χ2n) is 6.27. The zero-order valence-electron chi connectivity index (χ0n) is 13.1. The van der Waals surface area contributed by atoms with Gasteiger partial charge in [0.1, 0.15) is 5.54 Å². The topological polar surface area (TPSA) is 39.1 Å². The van der Waals surface area contributed by atoms with Gasteiger partial charge in [-0.1, -0.05) is 34.6 Å². The summed E-state index contributed by atoms with van der Waals surface area (Å²) in [5, 5.41) is 12.5. The summed E-state index contributed by atoms with van der Waals surface area (Å²) in [6.07, 6.45) is 0.886. The maximum Gasteiger partial charge on any atom is 0.105 e. The van der Waals surface area contributed by atoms with Crippen LogP contribution in [0.15, 0.2) is 0 Å². The molecule has 0 aromatic rings. The van der Waals surface area contributed by atoms with E-state index in [0.717, 1.165) is 32.6 Å². The molecule has 0 aliphatic rings. The van der Waals surface area contributed by atoms with E-state index in [4.69, 9.17) is 0 Å². The summed E-state index contributed by atoms with van der Waals surface area (Å²) in [6, 6.07) is 2.40. The monoisotopic (exact) mass is 253 g/mol. The van der Waals surface area contributed by atoms with Crippen LogP contribution in [0.4, 0.5) is 0 Å². The van der Waals surface area contributed by atoms with Gasteiger partial charge in [-0.05, 0) is 31.7 Å². The number of nitriles is 1. The first-order chi connectivity index (χ1) is 8.33. The minimum Gasteiger partial charge on any atom is -0.303 e. The van der Waals surface area contributed by atoms with E-state index in [9.17, 15) is 5.26 Å². The Morgan fingerprint density at radius 3 is 2.00 bits per heavy atom. The normalized spacial score (nSPS) is 15.1. The molecule has 0 bridgehead atoms. The Hall–Kier alpha value is -0.590. The standard InChI is InChI=1S/C15H31N3/c1-7-17-15(6,12-16)8-9-18(10-13(2)3)11-14(4)5/h13-14,17H,7-11H2,1-6H3. The smallest absolute Gasteiger partial charge is 0.105 e. The fraction of sp³-hybridized carbons (Fsp3) is 0.933. The lowest BCUT2D eigenvalue weighted by Crippen LogP contribution is -2.44. The molecule has 0 rings (SSSR count). The average molecular weight is 253 g/mol. The van der Waals surface area contributed by atoms with E-state index in [1.807, 2.05) is 6.92 Å². The summed E-state index contributed by atoms with van der Waals surface area (Å²) in [4.78, 5) is 2.49. The largest absolute Gasteiger partial charge is 0.303 e. The van der Waals surface area contributed by atoms with Crippen LogP contribution in [0.3, 0.4) is 0 Å². The van der Waals surface area contributed by atoms with Crippen molar-refractivity contribution in [3.05, 3.63) is 0 Å². The third-order valence-electron chi connectivity index (χ3n) is 2.99. The Labute approximate surface area is 114 Å². The number of nitrogens with one attached hydrogen (secondary N) is 1. The molecule has 0 radical (unpaired) electrons. The van der Waals surface area contributed by atoms with E-state index in [1.54, 1.807) is 0 Å². The Balaban J connectivity index is 4.35. The SMILES string of the molecule is CCNC(C)(C#N)CCN(CC(C)C)CC(C)C. The Kier molecular flexibility index (Phi) is 8.22. The van der Waals surface area contributed by atoms with Crippen LogP contribution in [-0.4, -0.2) is 36.6 Å². The average Bonchev–Trinajstić information content (AvgIpc) is 2.25. The van der Waals surface area contributed by atoms with Crippen molar-refractivity contribution in [3.8, 4) is 6.07 Å². The summed E-state index contributed by atoms with van der Waals surface area (Å²) in [5.41, 5.74) is -0.388. The summed E-state index contributed by atoms with van der Waals surface area (Å²) in [6.45, 7) is 17.1. The lowest BCUT2D eigenvalue weighted by atomic mass is 9.99. The first-order valence-electron chi connectivity index (χ1n) is 7.21. The van der Waals surface area contributed by atoms with Crippen LogP contribution < -0.4 is 5.32 Å². The van der Waals surface area contributed by atoms with Crippen LogP contribution in [0, 0.1) is 23.2 Å². The molecule has 1 unspecified atom stereocenters. The molecular weight excluding hydrogens is 222 g/mol. The van der Waals surface area contributed by atoms with E-state index in [0.29, 0.717) is 11.8 Å². The van der Waals surface area contributed by atoms with Crippen LogP contribution in [0.2, 0.25) is 0 Å². The van der Waals surface area contributed by atoms with Gasteiger partial charge in [0, 0.05) is 19.6 Å². The molecule has 0 aliphatic heterocycles. The zero-order chi connectivity index (χ0) is 14.2. The Bertz CT molecular complexity index is 245. The number of hydrogen-bond acceptors (Lipinski definition) is 3. The fourth-order valence-corrected chi connectivity index (χ4v) is 2.25. The molecule has 18 heavy (non-hydrogen) atoms. The molecule has 106 valence electrons. The second kappa shape index (κ2) is 8.50. The lowest BCUT2D eigenvalue weighted by molar-refractivity contribution is 0.201. The maximum absolute atomic E-state index is 9.26. The van der Waals surface area contributed by atoms with Crippen LogP contribution >= 0.6 is 0 Å². The van der Waals surface area contributed by atoms with Crippen molar-refractivity contribution in [1.29, 1.82) is 5.26 Å². The summed E-state index contributed by atoms with van der Waals surface area (Å²) < 4.78 is 0. The van der Waals surface area contributed by atoms with Crippen molar-refractivity contribution in [1.82, 2.24) is 10.2 Å². The summed E-state index contributed by atoms with van der Waals surface area (Å²) in [5.74, 6) is 1.35. The minimum atomic E-state index is -0.388. The molecule has 0 saturated heterocycles. The van der Waals surface area contributed by atoms with Crippen LogP contribution in [0.25, 0.3) is 0 Å². The number of rotatable bonds is 9. The first kappa shape index (κ1) is 17.4. The zero-order valence-corrected chi connectivity index (χ0v) is 13.1. The third-order valence-corrected chi connectivity index (χ3v) is 2.99. The predicted molar refractivity (Wildman–Crippen MR) is 78.4 cm³/mol. The van der Waals surface area contributed by atoms with E-state index in [-0.39, 0.29) is 5.54 Å². The van der Waals surface area contributed by atoms with E-state index >= 15 is 0 Å². The molecule has 0 spiro atoms. The number of hydrogen-bond donors (Lipinski definition) is 1. The quantitative estimate of drug-likeness (QED) is 0.687. The van der Waals surface area contributed by atoms with Crippen molar-refractivity contribution < 1.29 is 0 Å². The molecule has 1 atom stereocenters. The van der Waals surface area contributed by atoms with Gasteiger partial charge >= 0.3 is 0 Å². The lowest BCUT2D eigenvalue weighted by Gasteiger charge is -2.30. The minimum absolute atomic E-state index is 0.388. The Morgan fingerprint density at radius 1 is 1.17 bits per heavy atom. The highest BCUT2D eigenvalue weighted by atomic mass is 15.1. The molecular formula is C15H31N3. The molecule has 1 N–H and O–H groups in total. The number of nitrogens with zero attached hydrogens (tertiary/aromatic N) is 2. The molecule has 3 nitrogen and oxygen atoms in total. The molecule has 0 saturated carbocycles. The van der Waals surface area contributed by atoms with Crippen molar-refractivity contribution in [2.45, 2.75) is 53.5 Å². The van der Waals surface area contributed by atoms with Crippen molar-refractivity contribution in [2.75, 3.05) is 26.2 Å². The highest BCUT2D eigenvalue weighted by molar-refractivity contribution is 5.03. The van der Waals surface area contributed by atoms with Crippen LogP contribution in [-0.2, 0) is 0 Å². The van der Waals surface area contributed by atoms with Crippen LogP contribution in [0.5, 0.6) is 0 Å². The molecule has 0 fully saturated rings. The molecule has 0 aliphatic carbocycles. The van der Waals surface area contributed by atoms with Crippen LogP contribution in [0.1, 0.15) is 48.0 Å². The highest BCUT2D eigenvalue weighted by Gasteiger charge is 2.23. The van der Waals surface area contributed by atoms with Gasteiger partial charge in [0.15, 0.2) is 0 Å². The molecule has 0 aromatic carbocycles. The Morgan fingerprint density at radius 2 is 1.67 bits per heavy atom. The van der Waals surface area contributed by atoms with Gasteiger partial charge in [-0.25, -0.2) is 0 Å². The van der Waals surface area contributed by atoms with Crippen molar-refractivity contribution >= 4 is 0 Å². The van der Waals surface area contributed by atoms with Gasteiger partial charge in [0.25, 0.3) is 0 Å². The van der Waals surface area contributed by atoms with Gasteiger partial charge in [0.05, 0.1) is 6.07 Å². The first-order valence-corrected chi connectivity index (χ1v) is 7.21. The predicted octanol–water partition coefficient (Wildman–Crippen LogP) is 2.88. The molecule has 3 heteroatoms. The fourth-order valence-electron chi connectivity index (χ4n) is 2.25. The molecule has 0 amide bonds. The third kappa shape index (κ3) is 7.68. The van der Waals surface area contributed by atoms with Gasteiger partial charge in [0.2, 0.25) is 0 Å².